The maximum absolute atomic E-state index is 12.9. The Morgan fingerprint density at radius 3 is 2.76 bits per heavy atom. The predicted octanol–water partition coefficient (Wildman–Crippen LogP) is 2.54. The van der Waals surface area contributed by atoms with Crippen LogP contribution in [0, 0.1) is 24.1 Å². The summed E-state index contributed by atoms with van der Waals surface area (Å²) in [4.78, 5) is 7.90. The minimum atomic E-state index is -0.298. The van der Waals surface area contributed by atoms with Crippen molar-refractivity contribution in [1.82, 2.24) is 9.97 Å². The van der Waals surface area contributed by atoms with Crippen molar-refractivity contribution in [2.45, 2.75) is 6.92 Å². The molecule has 0 saturated carbocycles. The van der Waals surface area contributed by atoms with Crippen LogP contribution in [0.25, 0.3) is 0 Å². The van der Waals surface area contributed by atoms with E-state index in [4.69, 9.17) is 5.26 Å². The first-order valence-electron chi connectivity index (χ1n) is 4.95. The molecule has 0 atom stereocenters. The summed E-state index contributed by atoms with van der Waals surface area (Å²) >= 11 is 0. The van der Waals surface area contributed by atoms with Gasteiger partial charge < -0.3 is 5.32 Å². The second-order valence-electron chi connectivity index (χ2n) is 3.45. The fraction of sp³-hybridized carbons (Fsp3) is 0.0833. The average molecular weight is 228 g/mol. The molecule has 0 amide bonds. The molecule has 4 nitrogen and oxygen atoms in total. The van der Waals surface area contributed by atoms with Crippen molar-refractivity contribution in [2.75, 3.05) is 5.32 Å². The summed E-state index contributed by atoms with van der Waals surface area (Å²) in [5.41, 5.74) is 1.64. The fourth-order valence-corrected chi connectivity index (χ4v) is 1.41. The third kappa shape index (κ3) is 2.37. The van der Waals surface area contributed by atoms with Gasteiger partial charge in [0.1, 0.15) is 11.9 Å². The van der Waals surface area contributed by atoms with Crippen LogP contribution in [0.1, 0.15) is 11.3 Å². The van der Waals surface area contributed by atoms with Gasteiger partial charge in [0.15, 0.2) is 11.5 Å². The summed E-state index contributed by atoms with van der Waals surface area (Å²) < 4.78 is 12.9. The van der Waals surface area contributed by atoms with Crippen LogP contribution < -0.4 is 5.32 Å². The Morgan fingerprint density at radius 2 is 2.06 bits per heavy atom. The number of nitrogens with one attached hydrogen (secondary N) is 1. The molecule has 0 saturated heterocycles. The van der Waals surface area contributed by atoms with E-state index in [1.165, 1.54) is 24.5 Å². The quantitative estimate of drug-likeness (QED) is 0.857. The normalized spacial score (nSPS) is 9.71. The zero-order valence-electron chi connectivity index (χ0n) is 9.11. The number of rotatable bonds is 2. The number of anilines is 2. The molecule has 1 N–H and O–H groups in total. The van der Waals surface area contributed by atoms with E-state index in [1.807, 2.05) is 6.07 Å². The Bertz CT molecular complexity index is 589. The molecule has 0 unspecified atom stereocenters. The van der Waals surface area contributed by atoms with E-state index in [-0.39, 0.29) is 11.5 Å². The van der Waals surface area contributed by atoms with Gasteiger partial charge in [-0.15, -0.1) is 0 Å². The molecule has 2 aromatic rings. The van der Waals surface area contributed by atoms with Crippen molar-refractivity contribution in [2.24, 2.45) is 0 Å². The SMILES string of the molecule is Cc1cc(F)ccc1Nc1nccnc1C#N. The molecule has 17 heavy (non-hydrogen) atoms. The lowest BCUT2D eigenvalue weighted by atomic mass is 10.2. The molecular formula is C12H9FN4. The summed E-state index contributed by atoms with van der Waals surface area (Å²) in [6.07, 6.45) is 2.93. The number of hydrogen-bond donors (Lipinski definition) is 1. The topological polar surface area (TPSA) is 61.6 Å². The first-order chi connectivity index (χ1) is 8.20. The molecule has 0 bridgehead atoms. The second-order valence-corrected chi connectivity index (χ2v) is 3.45. The molecule has 1 aromatic carbocycles. The lowest BCUT2D eigenvalue weighted by Crippen LogP contribution is -2.00. The molecule has 0 fully saturated rings. The van der Waals surface area contributed by atoms with E-state index in [9.17, 15) is 4.39 Å². The van der Waals surface area contributed by atoms with Crippen molar-refractivity contribution in [3.63, 3.8) is 0 Å². The van der Waals surface area contributed by atoms with E-state index in [2.05, 4.69) is 15.3 Å². The summed E-state index contributed by atoms with van der Waals surface area (Å²) in [5.74, 6) is 0.0670. The predicted molar refractivity (Wildman–Crippen MR) is 61.2 cm³/mol. The molecule has 1 aromatic heterocycles. The van der Waals surface area contributed by atoms with Crippen molar-refractivity contribution >= 4 is 11.5 Å². The Hall–Kier alpha value is -2.48. The van der Waals surface area contributed by atoms with Gasteiger partial charge in [-0.1, -0.05) is 0 Å². The number of benzene rings is 1. The van der Waals surface area contributed by atoms with E-state index in [1.54, 1.807) is 13.0 Å². The minimum Gasteiger partial charge on any atom is -0.338 e. The number of nitrogens with zero attached hydrogens (tertiary/aromatic N) is 3. The van der Waals surface area contributed by atoms with Gasteiger partial charge in [-0.25, -0.2) is 14.4 Å². The number of hydrogen-bond acceptors (Lipinski definition) is 4. The molecular weight excluding hydrogens is 219 g/mol. The highest BCUT2D eigenvalue weighted by molar-refractivity contribution is 5.63. The molecule has 0 aliphatic heterocycles. The zero-order chi connectivity index (χ0) is 12.3. The first-order valence-corrected chi connectivity index (χ1v) is 4.95. The van der Waals surface area contributed by atoms with Gasteiger partial charge >= 0.3 is 0 Å². The number of aryl methyl sites for hydroxylation is 1. The Kier molecular flexibility index (Phi) is 2.97. The maximum Gasteiger partial charge on any atom is 0.183 e. The van der Waals surface area contributed by atoms with Gasteiger partial charge in [-0.05, 0) is 30.7 Å². The van der Waals surface area contributed by atoms with Crippen LogP contribution in [0.15, 0.2) is 30.6 Å². The Morgan fingerprint density at radius 1 is 1.29 bits per heavy atom. The second kappa shape index (κ2) is 4.58. The maximum atomic E-state index is 12.9. The highest BCUT2D eigenvalue weighted by Crippen LogP contribution is 2.20. The van der Waals surface area contributed by atoms with E-state index >= 15 is 0 Å². The van der Waals surface area contributed by atoms with Crippen LogP contribution in [0.5, 0.6) is 0 Å². The van der Waals surface area contributed by atoms with Crippen LogP contribution in [-0.2, 0) is 0 Å². The van der Waals surface area contributed by atoms with Gasteiger partial charge in [0.05, 0.1) is 0 Å². The lowest BCUT2D eigenvalue weighted by Gasteiger charge is -2.08. The van der Waals surface area contributed by atoms with Gasteiger partial charge in [-0.3, -0.25) is 0 Å². The van der Waals surface area contributed by atoms with Crippen molar-refractivity contribution < 1.29 is 4.39 Å². The highest BCUT2D eigenvalue weighted by atomic mass is 19.1. The summed E-state index contributed by atoms with van der Waals surface area (Å²) in [6.45, 7) is 1.77. The molecule has 5 heteroatoms. The van der Waals surface area contributed by atoms with Gasteiger partial charge in [0, 0.05) is 18.1 Å². The lowest BCUT2D eigenvalue weighted by molar-refractivity contribution is 0.627. The van der Waals surface area contributed by atoms with Crippen LogP contribution in [0.2, 0.25) is 0 Å². The van der Waals surface area contributed by atoms with E-state index in [0.29, 0.717) is 11.5 Å². The molecule has 84 valence electrons. The van der Waals surface area contributed by atoms with Crippen molar-refractivity contribution in [1.29, 1.82) is 5.26 Å². The molecule has 2 rings (SSSR count). The molecule has 0 radical (unpaired) electrons. The molecule has 0 aliphatic carbocycles. The third-order valence-electron chi connectivity index (χ3n) is 2.25. The summed E-state index contributed by atoms with van der Waals surface area (Å²) in [7, 11) is 0. The average Bonchev–Trinajstić information content (AvgIpc) is 2.33. The van der Waals surface area contributed by atoms with Crippen LogP contribution >= 0.6 is 0 Å². The largest absolute Gasteiger partial charge is 0.338 e. The fourth-order valence-electron chi connectivity index (χ4n) is 1.41. The van der Waals surface area contributed by atoms with Gasteiger partial charge in [-0.2, -0.15) is 5.26 Å². The van der Waals surface area contributed by atoms with Crippen LogP contribution in [0.3, 0.4) is 0 Å². The van der Waals surface area contributed by atoms with Crippen LogP contribution in [-0.4, -0.2) is 9.97 Å². The number of aromatic nitrogens is 2. The molecule has 0 spiro atoms. The Balaban J connectivity index is 2.35. The summed E-state index contributed by atoms with van der Waals surface area (Å²) in [5, 5.41) is 11.8. The zero-order valence-corrected chi connectivity index (χ0v) is 9.11. The standard InChI is InChI=1S/C12H9FN4/c1-8-6-9(13)2-3-10(8)17-12-11(7-14)15-4-5-16-12/h2-6H,1H3,(H,16,17). The van der Waals surface area contributed by atoms with E-state index < -0.39 is 0 Å². The third-order valence-corrected chi connectivity index (χ3v) is 2.25. The highest BCUT2D eigenvalue weighted by Gasteiger charge is 2.06. The smallest absolute Gasteiger partial charge is 0.183 e. The Labute approximate surface area is 97.8 Å². The number of halogens is 1. The molecule has 1 heterocycles. The van der Waals surface area contributed by atoms with Crippen LogP contribution in [0.4, 0.5) is 15.9 Å². The first kappa shape index (κ1) is 11.0. The van der Waals surface area contributed by atoms with Crippen molar-refractivity contribution in [3.8, 4) is 6.07 Å². The van der Waals surface area contributed by atoms with Gasteiger partial charge in [0.25, 0.3) is 0 Å². The van der Waals surface area contributed by atoms with Crippen molar-refractivity contribution in [3.05, 3.63) is 47.7 Å². The van der Waals surface area contributed by atoms with Gasteiger partial charge in [0.2, 0.25) is 0 Å². The number of nitriles is 1. The van der Waals surface area contributed by atoms with E-state index in [0.717, 1.165) is 5.56 Å². The summed E-state index contributed by atoms with van der Waals surface area (Å²) in [6, 6.07) is 6.29. The molecule has 0 aliphatic rings. The minimum absolute atomic E-state index is 0.205. The monoisotopic (exact) mass is 228 g/mol.